The predicted molar refractivity (Wildman–Crippen MR) is 66.2 cm³/mol. The van der Waals surface area contributed by atoms with Crippen molar-refractivity contribution in [3.05, 3.63) is 11.6 Å². The number of rotatable bonds is 0. The van der Waals surface area contributed by atoms with Crippen molar-refractivity contribution in [3.63, 3.8) is 0 Å². The van der Waals surface area contributed by atoms with Crippen LogP contribution in [0.3, 0.4) is 0 Å². The van der Waals surface area contributed by atoms with Crippen molar-refractivity contribution in [2.45, 2.75) is 33.6 Å². The van der Waals surface area contributed by atoms with Gasteiger partial charge in [-0.15, -0.1) is 0 Å². The molecule has 2 aliphatic carbocycles. The minimum absolute atomic E-state index is 0.0778. The average Bonchev–Trinajstić information content (AvgIpc) is 2.74. The van der Waals surface area contributed by atoms with Gasteiger partial charge in [-0.25, -0.2) is 0 Å². The van der Waals surface area contributed by atoms with Crippen molar-refractivity contribution in [2.24, 2.45) is 35.5 Å². The number of fused-ring (bicyclic) bond motifs is 3. The van der Waals surface area contributed by atoms with Gasteiger partial charge < -0.3 is 4.74 Å². The Kier molecular flexibility index (Phi) is 2.57. The van der Waals surface area contributed by atoms with Crippen LogP contribution >= 0.6 is 0 Å². The first kappa shape index (κ1) is 11.3. The second kappa shape index (κ2) is 3.86. The highest BCUT2D eigenvalue weighted by Gasteiger charge is 2.51. The van der Waals surface area contributed by atoms with E-state index in [2.05, 4.69) is 26.8 Å². The van der Waals surface area contributed by atoms with Gasteiger partial charge in [0.15, 0.2) is 0 Å². The summed E-state index contributed by atoms with van der Waals surface area (Å²) in [5.74, 6) is 3.12. The zero-order valence-electron chi connectivity index (χ0n) is 11.0. The summed E-state index contributed by atoms with van der Waals surface area (Å²) in [6.07, 6.45) is 4.85. The summed E-state index contributed by atoms with van der Waals surface area (Å²) in [6.45, 7) is 7.54. The van der Waals surface area contributed by atoms with Gasteiger partial charge in [0, 0.05) is 5.92 Å². The standard InChI is InChI=1S/C15H22O2/c1-8-4-5-11-7-17-15(16)14(11)13-10(3)9(2)6-12(8)13/h6,8,10-14H,4-5,7H2,1-3H3/t8-,10+,11+,12+,13-,14-/m1/s1. The summed E-state index contributed by atoms with van der Waals surface area (Å²) in [5, 5.41) is 0. The Morgan fingerprint density at radius 3 is 2.82 bits per heavy atom. The van der Waals surface area contributed by atoms with Gasteiger partial charge in [-0.05, 0) is 43.4 Å². The number of carbonyl (C=O) groups excluding carboxylic acids is 1. The normalized spacial score (nSPS) is 49.1. The highest BCUT2D eigenvalue weighted by molar-refractivity contribution is 5.75. The molecule has 1 aliphatic heterocycles. The molecule has 2 nitrogen and oxygen atoms in total. The Hall–Kier alpha value is -0.790. The number of cyclic esters (lactones) is 1. The fourth-order valence-electron chi connectivity index (χ4n) is 4.28. The minimum Gasteiger partial charge on any atom is -0.465 e. The molecule has 94 valence electrons. The van der Waals surface area contributed by atoms with Gasteiger partial charge >= 0.3 is 5.97 Å². The Balaban J connectivity index is 1.98. The fourth-order valence-corrected chi connectivity index (χ4v) is 4.28. The topological polar surface area (TPSA) is 26.3 Å². The third-order valence-corrected chi connectivity index (χ3v) is 5.48. The molecule has 3 rings (SSSR count). The van der Waals surface area contributed by atoms with E-state index in [-0.39, 0.29) is 11.9 Å². The molecule has 1 saturated carbocycles. The summed E-state index contributed by atoms with van der Waals surface area (Å²) in [5.41, 5.74) is 1.48. The van der Waals surface area contributed by atoms with E-state index in [1.165, 1.54) is 18.4 Å². The molecular formula is C15H22O2. The van der Waals surface area contributed by atoms with Crippen LogP contribution in [-0.2, 0) is 9.53 Å². The zero-order chi connectivity index (χ0) is 12.2. The summed E-state index contributed by atoms with van der Waals surface area (Å²) in [4.78, 5) is 12.0. The number of allylic oxidation sites excluding steroid dienone is 2. The summed E-state index contributed by atoms with van der Waals surface area (Å²) in [6, 6.07) is 0. The maximum absolute atomic E-state index is 12.0. The molecule has 6 atom stereocenters. The van der Waals surface area contributed by atoms with E-state index < -0.39 is 0 Å². The quantitative estimate of drug-likeness (QED) is 0.475. The molecule has 0 aromatic heterocycles. The lowest BCUT2D eigenvalue weighted by molar-refractivity contribution is -0.143. The van der Waals surface area contributed by atoms with Crippen LogP contribution in [0.25, 0.3) is 0 Å². The highest BCUT2D eigenvalue weighted by Crippen LogP contribution is 2.52. The molecule has 0 aromatic rings. The number of hydrogen-bond acceptors (Lipinski definition) is 2. The lowest BCUT2D eigenvalue weighted by Gasteiger charge is -2.29. The third-order valence-electron chi connectivity index (χ3n) is 5.48. The number of hydrogen-bond donors (Lipinski definition) is 0. The van der Waals surface area contributed by atoms with E-state index in [1.807, 2.05) is 0 Å². The number of carbonyl (C=O) groups is 1. The average molecular weight is 234 g/mol. The van der Waals surface area contributed by atoms with Crippen LogP contribution in [-0.4, -0.2) is 12.6 Å². The van der Waals surface area contributed by atoms with Gasteiger partial charge in [0.25, 0.3) is 0 Å². The van der Waals surface area contributed by atoms with Crippen LogP contribution in [0, 0.1) is 35.5 Å². The first-order valence-electron chi connectivity index (χ1n) is 6.94. The Bertz CT molecular complexity index is 371. The van der Waals surface area contributed by atoms with Crippen LogP contribution in [0.5, 0.6) is 0 Å². The van der Waals surface area contributed by atoms with Gasteiger partial charge in [-0.3, -0.25) is 4.79 Å². The van der Waals surface area contributed by atoms with Gasteiger partial charge in [-0.1, -0.05) is 25.5 Å². The molecule has 0 radical (unpaired) electrons. The molecule has 0 spiro atoms. The van der Waals surface area contributed by atoms with Crippen molar-refractivity contribution in [2.75, 3.05) is 6.61 Å². The molecule has 0 N–H and O–H groups in total. The molecule has 0 bridgehead atoms. The second-order valence-corrected chi connectivity index (χ2v) is 6.32. The van der Waals surface area contributed by atoms with Crippen LogP contribution in [0.4, 0.5) is 0 Å². The second-order valence-electron chi connectivity index (χ2n) is 6.32. The van der Waals surface area contributed by atoms with Crippen molar-refractivity contribution in [3.8, 4) is 0 Å². The minimum atomic E-state index is 0.0778. The molecule has 1 heterocycles. The smallest absolute Gasteiger partial charge is 0.309 e. The van der Waals surface area contributed by atoms with Gasteiger partial charge in [0.05, 0.1) is 12.5 Å². The molecule has 17 heavy (non-hydrogen) atoms. The van der Waals surface area contributed by atoms with Crippen LogP contribution in [0.2, 0.25) is 0 Å². The van der Waals surface area contributed by atoms with Gasteiger partial charge in [0.2, 0.25) is 0 Å². The molecule has 0 aromatic carbocycles. The van der Waals surface area contributed by atoms with Crippen molar-refractivity contribution in [1.82, 2.24) is 0 Å². The van der Waals surface area contributed by atoms with E-state index >= 15 is 0 Å². The number of esters is 1. The summed E-state index contributed by atoms with van der Waals surface area (Å²) in [7, 11) is 0. The lowest BCUT2D eigenvalue weighted by Crippen LogP contribution is -2.31. The molecule has 0 unspecified atom stereocenters. The Labute approximate surface area is 103 Å². The highest BCUT2D eigenvalue weighted by atomic mass is 16.5. The first-order chi connectivity index (χ1) is 8.09. The molecular weight excluding hydrogens is 212 g/mol. The SMILES string of the molecule is CC1=C[C@@H]2[C@H]([C@@H]3C(=O)OC[C@@H]3CC[C@H]2C)[C@H]1C. The molecule has 1 saturated heterocycles. The van der Waals surface area contributed by atoms with E-state index in [1.54, 1.807) is 0 Å². The molecule has 3 aliphatic rings. The fraction of sp³-hybridized carbons (Fsp3) is 0.800. The Morgan fingerprint density at radius 1 is 1.29 bits per heavy atom. The van der Waals surface area contributed by atoms with Crippen LogP contribution in [0.1, 0.15) is 33.6 Å². The molecule has 2 heteroatoms. The third kappa shape index (κ3) is 1.56. The monoisotopic (exact) mass is 234 g/mol. The van der Waals surface area contributed by atoms with Crippen LogP contribution in [0.15, 0.2) is 11.6 Å². The molecule has 2 fully saturated rings. The molecule has 0 amide bonds. The van der Waals surface area contributed by atoms with E-state index in [0.29, 0.717) is 30.3 Å². The van der Waals surface area contributed by atoms with E-state index in [0.717, 1.165) is 5.92 Å². The Morgan fingerprint density at radius 2 is 2.06 bits per heavy atom. The van der Waals surface area contributed by atoms with Crippen molar-refractivity contribution < 1.29 is 9.53 Å². The van der Waals surface area contributed by atoms with Crippen LogP contribution < -0.4 is 0 Å². The predicted octanol–water partition coefficient (Wildman–Crippen LogP) is 3.03. The summed E-state index contributed by atoms with van der Waals surface area (Å²) < 4.78 is 5.32. The van der Waals surface area contributed by atoms with E-state index in [9.17, 15) is 4.79 Å². The first-order valence-corrected chi connectivity index (χ1v) is 6.94. The van der Waals surface area contributed by atoms with Crippen molar-refractivity contribution in [1.29, 1.82) is 0 Å². The van der Waals surface area contributed by atoms with Crippen molar-refractivity contribution >= 4 is 5.97 Å². The zero-order valence-corrected chi connectivity index (χ0v) is 11.0. The van der Waals surface area contributed by atoms with E-state index in [4.69, 9.17) is 4.74 Å². The summed E-state index contributed by atoms with van der Waals surface area (Å²) >= 11 is 0. The maximum atomic E-state index is 12.0. The van der Waals surface area contributed by atoms with Gasteiger partial charge in [0.1, 0.15) is 0 Å². The largest absolute Gasteiger partial charge is 0.465 e. The lowest BCUT2D eigenvalue weighted by atomic mass is 9.72. The number of ether oxygens (including phenoxy) is 1. The van der Waals surface area contributed by atoms with Gasteiger partial charge in [-0.2, -0.15) is 0 Å². The maximum Gasteiger partial charge on any atom is 0.309 e.